The van der Waals surface area contributed by atoms with E-state index in [9.17, 15) is 9.90 Å². The molecule has 2 rings (SSSR count). The van der Waals surface area contributed by atoms with E-state index >= 15 is 0 Å². The molecular weight excluding hydrogens is 232 g/mol. The van der Waals surface area contributed by atoms with Gasteiger partial charge in [-0.1, -0.05) is 32.9 Å². The van der Waals surface area contributed by atoms with Crippen LogP contribution in [-0.4, -0.2) is 31.3 Å². The van der Waals surface area contributed by atoms with Gasteiger partial charge in [0, 0.05) is 5.41 Å². The SMILES string of the molecule is CC(C)(C)c1nnnn1-c1ccccc1C(=O)O. The molecule has 6 heteroatoms. The summed E-state index contributed by atoms with van der Waals surface area (Å²) in [5.41, 5.74) is 0.380. The summed E-state index contributed by atoms with van der Waals surface area (Å²) in [6.45, 7) is 5.91. The first-order chi connectivity index (χ1) is 8.41. The van der Waals surface area contributed by atoms with Gasteiger partial charge >= 0.3 is 5.97 Å². The van der Waals surface area contributed by atoms with Gasteiger partial charge in [-0.2, -0.15) is 4.68 Å². The standard InChI is InChI=1S/C12H14N4O2/c1-12(2,3)11-13-14-15-16(11)9-7-5-4-6-8(9)10(17)18/h4-7H,1-3H3,(H,17,18). The number of hydrogen-bond acceptors (Lipinski definition) is 4. The van der Waals surface area contributed by atoms with Crippen molar-refractivity contribution in [1.82, 2.24) is 20.2 Å². The van der Waals surface area contributed by atoms with Gasteiger partial charge in [0.1, 0.15) is 0 Å². The number of hydrogen-bond donors (Lipinski definition) is 1. The molecule has 0 aliphatic carbocycles. The summed E-state index contributed by atoms with van der Waals surface area (Å²) in [5.74, 6) is -0.378. The van der Waals surface area contributed by atoms with Gasteiger partial charge in [-0.3, -0.25) is 0 Å². The smallest absolute Gasteiger partial charge is 0.337 e. The van der Waals surface area contributed by atoms with E-state index in [1.165, 1.54) is 10.7 Å². The maximum Gasteiger partial charge on any atom is 0.337 e. The molecule has 0 fully saturated rings. The van der Waals surface area contributed by atoms with Crippen molar-refractivity contribution < 1.29 is 9.90 Å². The summed E-state index contributed by atoms with van der Waals surface area (Å²) in [4.78, 5) is 11.2. The number of aromatic nitrogens is 4. The van der Waals surface area contributed by atoms with Gasteiger partial charge in [-0.15, -0.1) is 5.10 Å². The van der Waals surface area contributed by atoms with Gasteiger partial charge in [0.25, 0.3) is 0 Å². The number of rotatable bonds is 2. The van der Waals surface area contributed by atoms with Gasteiger partial charge in [0.05, 0.1) is 11.3 Å². The number of tetrazole rings is 1. The van der Waals surface area contributed by atoms with E-state index in [1.54, 1.807) is 18.2 Å². The highest BCUT2D eigenvalue weighted by molar-refractivity contribution is 5.91. The predicted molar refractivity (Wildman–Crippen MR) is 64.8 cm³/mol. The van der Waals surface area contributed by atoms with Crippen LogP contribution in [0.3, 0.4) is 0 Å². The third-order valence-electron chi connectivity index (χ3n) is 2.50. The van der Waals surface area contributed by atoms with Gasteiger partial charge in [-0.25, -0.2) is 4.79 Å². The minimum Gasteiger partial charge on any atom is -0.478 e. The molecule has 1 aromatic heterocycles. The van der Waals surface area contributed by atoms with Crippen LogP contribution in [0.5, 0.6) is 0 Å². The van der Waals surface area contributed by atoms with E-state index in [1.807, 2.05) is 20.8 Å². The Labute approximate surface area is 104 Å². The third-order valence-corrected chi connectivity index (χ3v) is 2.50. The van der Waals surface area contributed by atoms with E-state index in [4.69, 9.17) is 0 Å². The Morgan fingerprint density at radius 1 is 1.28 bits per heavy atom. The van der Waals surface area contributed by atoms with Crippen molar-refractivity contribution in [2.75, 3.05) is 0 Å². The number of carbonyl (C=O) groups is 1. The van der Waals surface area contributed by atoms with Gasteiger partial charge in [-0.05, 0) is 22.6 Å². The molecule has 0 aliphatic rings. The molecule has 18 heavy (non-hydrogen) atoms. The van der Waals surface area contributed by atoms with E-state index in [0.29, 0.717) is 11.5 Å². The molecule has 0 bridgehead atoms. The molecule has 1 heterocycles. The third kappa shape index (κ3) is 2.09. The minimum atomic E-state index is -0.999. The zero-order chi connectivity index (χ0) is 13.3. The quantitative estimate of drug-likeness (QED) is 0.871. The minimum absolute atomic E-state index is 0.176. The second-order valence-electron chi connectivity index (χ2n) is 4.99. The number of nitrogens with zero attached hydrogens (tertiary/aromatic N) is 4. The Morgan fingerprint density at radius 2 is 1.94 bits per heavy atom. The van der Waals surface area contributed by atoms with Crippen molar-refractivity contribution in [3.63, 3.8) is 0 Å². The lowest BCUT2D eigenvalue weighted by Gasteiger charge is -2.17. The van der Waals surface area contributed by atoms with Crippen molar-refractivity contribution in [2.45, 2.75) is 26.2 Å². The largest absolute Gasteiger partial charge is 0.478 e. The second kappa shape index (κ2) is 4.21. The molecule has 0 aliphatic heterocycles. The molecule has 0 radical (unpaired) electrons. The summed E-state index contributed by atoms with van der Waals surface area (Å²) >= 11 is 0. The monoisotopic (exact) mass is 246 g/mol. The number of para-hydroxylation sites is 1. The maximum absolute atomic E-state index is 11.2. The normalized spacial score (nSPS) is 11.5. The highest BCUT2D eigenvalue weighted by atomic mass is 16.4. The van der Waals surface area contributed by atoms with Crippen LogP contribution in [-0.2, 0) is 5.41 Å². The maximum atomic E-state index is 11.2. The lowest BCUT2D eigenvalue weighted by Crippen LogP contribution is -2.20. The fourth-order valence-electron chi connectivity index (χ4n) is 1.66. The van der Waals surface area contributed by atoms with Crippen molar-refractivity contribution in [1.29, 1.82) is 0 Å². The lowest BCUT2D eigenvalue weighted by atomic mass is 9.95. The fraction of sp³-hybridized carbons (Fsp3) is 0.333. The average Bonchev–Trinajstić information content (AvgIpc) is 2.77. The zero-order valence-electron chi connectivity index (χ0n) is 10.5. The molecule has 0 saturated heterocycles. The average molecular weight is 246 g/mol. The molecule has 94 valence electrons. The zero-order valence-corrected chi connectivity index (χ0v) is 10.5. The number of benzene rings is 1. The highest BCUT2D eigenvalue weighted by Crippen LogP contribution is 2.23. The van der Waals surface area contributed by atoms with E-state index in [-0.39, 0.29) is 11.0 Å². The van der Waals surface area contributed by atoms with Crippen LogP contribution in [0, 0.1) is 0 Å². The topological polar surface area (TPSA) is 80.9 Å². The number of carboxylic acids is 1. The molecular formula is C12H14N4O2. The number of carboxylic acid groups (broad SMARTS) is 1. The van der Waals surface area contributed by atoms with Gasteiger partial charge < -0.3 is 5.11 Å². The Bertz CT molecular complexity index is 584. The summed E-state index contributed by atoms with van der Waals surface area (Å²) in [6, 6.07) is 6.66. The Morgan fingerprint density at radius 3 is 2.56 bits per heavy atom. The van der Waals surface area contributed by atoms with Gasteiger partial charge in [0.15, 0.2) is 5.82 Å². The molecule has 0 spiro atoms. The predicted octanol–water partition coefficient (Wildman–Crippen LogP) is 1.66. The van der Waals surface area contributed by atoms with Crippen LogP contribution in [0.4, 0.5) is 0 Å². The van der Waals surface area contributed by atoms with Crippen molar-refractivity contribution in [3.8, 4) is 5.69 Å². The molecule has 0 amide bonds. The van der Waals surface area contributed by atoms with Crippen molar-refractivity contribution >= 4 is 5.97 Å². The number of aromatic carboxylic acids is 1. The molecule has 2 aromatic rings. The van der Waals surface area contributed by atoms with E-state index in [2.05, 4.69) is 15.5 Å². The molecule has 0 saturated carbocycles. The van der Waals surface area contributed by atoms with Crippen LogP contribution in [0.15, 0.2) is 24.3 Å². The van der Waals surface area contributed by atoms with Crippen LogP contribution in [0.2, 0.25) is 0 Å². The fourth-order valence-corrected chi connectivity index (χ4v) is 1.66. The van der Waals surface area contributed by atoms with E-state index < -0.39 is 5.97 Å². The first kappa shape index (κ1) is 12.2. The Kier molecular flexibility index (Phi) is 2.86. The van der Waals surface area contributed by atoms with E-state index in [0.717, 1.165) is 0 Å². The lowest BCUT2D eigenvalue weighted by molar-refractivity contribution is 0.0696. The molecule has 6 nitrogen and oxygen atoms in total. The molecule has 0 atom stereocenters. The summed E-state index contributed by atoms with van der Waals surface area (Å²) in [7, 11) is 0. The van der Waals surface area contributed by atoms with Crippen molar-refractivity contribution in [3.05, 3.63) is 35.7 Å². The summed E-state index contributed by atoms with van der Waals surface area (Å²) in [5, 5.41) is 20.7. The van der Waals surface area contributed by atoms with Crippen LogP contribution >= 0.6 is 0 Å². The molecule has 1 N–H and O–H groups in total. The van der Waals surface area contributed by atoms with Crippen LogP contribution in [0.25, 0.3) is 5.69 Å². The Balaban J connectivity index is 2.64. The van der Waals surface area contributed by atoms with Gasteiger partial charge in [0.2, 0.25) is 0 Å². The highest BCUT2D eigenvalue weighted by Gasteiger charge is 2.24. The first-order valence-electron chi connectivity index (χ1n) is 5.53. The summed E-state index contributed by atoms with van der Waals surface area (Å²) in [6.07, 6.45) is 0. The Hall–Kier alpha value is -2.24. The molecule has 0 unspecified atom stereocenters. The second-order valence-corrected chi connectivity index (χ2v) is 4.99. The van der Waals surface area contributed by atoms with Crippen LogP contribution < -0.4 is 0 Å². The van der Waals surface area contributed by atoms with Crippen molar-refractivity contribution in [2.24, 2.45) is 0 Å². The summed E-state index contributed by atoms with van der Waals surface area (Å²) < 4.78 is 1.48. The van der Waals surface area contributed by atoms with Crippen LogP contribution in [0.1, 0.15) is 37.0 Å². The first-order valence-corrected chi connectivity index (χ1v) is 5.53. The molecule has 1 aromatic carbocycles.